The van der Waals surface area contributed by atoms with Crippen LogP contribution in [0.1, 0.15) is 62.7 Å². The van der Waals surface area contributed by atoms with Crippen LogP contribution in [0.15, 0.2) is 42.6 Å². The highest BCUT2D eigenvalue weighted by atomic mass is 16.6. The number of carboxylic acids is 1. The summed E-state index contributed by atoms with van der Waals surface area (Å²) >= 11 is 0. The van der Waals surface area contributed by atoms with Crippen LogP contribution in [0.3, 0.4) is 0 Å². The third-order valence-corrected chi connectivity index (χ3v) is 6.95. The Balaban J connectivity index is 1.71. The van der Waals surface area contributed by atoms with Crippen molar-refractivity contribution in [2.24, 2.45) is 5.92 Å². The summed E-state index contributed by atoms with van der Waals surface area (Å²) in [6.07, 6.45) is 7.95. The number of nitrogens with zero attached hydrogens (tertiary/aromatic N) is 3. The predicted octanol–water partition coefficient (Wildman–Crippen LogP) is 4.88. The number of anilines is 1. The van der Waals surface area contributed by atoms with Crippen LogP contribution in [-0.2, 0) is 4.79 Å². The highest BCUT2D eigenvalue weighted by Crippen LogP contribution is 2.32. The first kappa shape index (κ1) is 25.2. The standard InChI is InChI=1S/C26H31N5O5/c1-3-16(2)22(26(33)34)29-25(32)18-13-14-30-21(15-18)28-23(17-9-11-20(12-10-17)31(35)36)24(30)27-19-7-5-4-6-8-19/h9-16,19,22,27H,3-8H2,1-2H3,(H,29,32)(H,33,34). The lowest BCUT2D eigenvalue weighted by Crippen LogP contribution is -2.45. The van der Waals surface area contributed by atoms with Gasteiger partial charge >= 0.3 is 5.97 Å². The Kier molecular flexibility index (Phi) is 7.52. The number of amides is 1. The summed E-state index contributed by atoms with van der Waals surface area (Å²) in [6.45, 7) is 3.67. The number of benzene rings is 1. The van der Waals surface area contributed by atoms with Crippen LogP contribution in [0.25, 0.3) is 16.9 Å². The van der Waals surface area contributed by atoms with Crippen molar-refractivity contribution in [3.8, 4) is 11.3 Å². The van der Waals surface area contributed by atoms with Crippen LogP contribution >= 0.6 is 0 Å². The van der Waals surface area contributed by atoms with Crippen LogP contribution in [0.4, 0.5) is 11.5 Å². The summed E-state index contributed by atoms with van der Waals surface area (Å²) in [5, 5.41) is 26.9. The van der Waals surface area contributed by atoms with Gasteiger partial charge in [-0.25, -0.2) is 9.78 Å². The fourth-order valence-electron chi connectivity index (χ4n) is 4.61. The van der Waals surface area contributed by atoms with Gasteiger partial charge in [-0.1, -0.05) is 39.5 Å². The SMILES string of the molecule is CCC(C)C(NC(=O)c1ccn2c(NC3CCCCC3)c(-c3ccc([N+](=O)[O-])cc3)nc2c1)C(=O)O. The third-order valence-electron chi connectivity index (χ3n) is 6.95. The number of pyridine rings is 1. The Morgan fingerprint density at radius 3 is 2.50 bits per heavy atom. The van der Waals surface area contributed by atoms with E-state index in [0.29, 0.717) is 23.3 Å². The van der Waals surface area contributed by atoms with Crippen molar-refractivity contribution in [1.29, 1.82) is 0 Å². The van der Waals surface area contributed by atoms with Crippen molar-refractivity contribution in [3.05, 3.63) is 58.3 Å². The van der Waals surface area contributed by atoms with Crippen LogP contribution in [-0.4, -0.2) is 43.4 Å². The molecule has 0 radical (unpaired) electrons. The van der Waals surface area contributed by atoms with Crippen LogP contribution in [0.2, 0.25) is 0 Å². The van der Waals surface area contributed by atoms with Crippen molar-refractivity contribution in [2.75, 3.05) is 5.32 Å². The van der Waals surface area contributed by atoms with Crippen molar-refractivity contribution < 1.29 is 19.6 Å². The molecule has 3 aromatic rings. The Morgan fingerprint density at radius 1 is 1.19 bits per heavy atom. The van der Waals surface area contributed by atoms with Gasteiger partial charge < -0.3 is 15.7 Å². The van der Waals surface area contributed by atoms with Gasteiger partial charge in [0.05, 0.1) is 4.92 Å². The first-order valence-electron chi connectivity index (χ1n) is 12.4. The zero-order valence-corrected chi connectivity index (χ0v) is 20.4. The largest absolute Gasteiger partial charge is 0.480 e. The van der Waals surface area contributed by atoms with E-state index in [0.717, 1.165) is 37.1 Å². The van der Waals surface area contributed by atoms with Gasteiger partial charge in [-0.2, -0.15) is 0 Å². The molecule has 0 bridgehead atoms. The van der Waals surface area contributed by atoms with Gasteiger partial charge in [0, 0.05) is 35.5 Å². The Morgan fingerprint density at radius 2 is 1.89 bits per heavy atom. The van der Waals surface area contributed by atoms with E-state index in [-0.39, 0.29) is 17.6 Å². The number of rotatable bonds is 9. The number of nitro benzene ring substituents is 1. The summed E-state index contributed by atoms with van der Waals surface area (Å²) in [6, 6.07) is 8.80. The van der Waals surface area contributed by atoms with Gasteiger partial charge in [0.15, 0.2) is 0 Å². The second-order valence-corrected chi connectivity index (χ2v) is 9.41. The molecule has 1 aliphatic carbocycles. The number of hydrogen-bond donors (Lipinski definition) is 3. The molecule has 10 heteroatoms. The maximum atomic E-state index is 12.9. The molecule has 2 atom stereocenters. The van der Waals surface area contributed by atoms with Gasteiger partial charge in [0.25, 0.3) is 11.6 Å². The molecule has 2 unspecified atom stereocenters. The van der Waals surface area contributed by atoms with E-state index in [1.54, 1.807) is 37.4 Å². The van der Waals surface area contributed by atoms with Crippen molar-refractivity contribution >= 4 is 29.0 Å². The predicted molar refractivity (Wildman–Crippen MR) is 136 cm³/mol. The highest BCUT2D eigenvalue weighted by Gasteiger charge is 2.26. The minimum absolute atomic E-state index is 0.00227. The van der Waals surface area contributed by atoms with Crippen molar-refractivity contribution in [2.45, 2.75) is 64.5 Å². The number of carbonyl (C=O) groups is 2. The number of carboxylic acid groups (broad SMARTS) is 1. The van der Waals surface area contributed by atoms with E-state index in [1.165, 1.54) is 18.6 Å². The summed E-state index contributed by atoms with van der Waals surface area (Å²) in [4.78, 5) is 40.0. The molecule has 10 nitrogen and oxygen atoms in total. The van der Waals surface area contributed by atoms with Gasteiger partial charge in [-0.15, -0.1) is 0 Å². The van der Waals surface area contributed by atoms with Crippen LogP contribution in [0, 0.1) is 16.0 Å². The molecule has 190 valence electrons. The van der Waals surface area contributed by atoms with Gasteiger partial charge in [-0.3, -0.25) is 19.3 Å². The molecule has 1 aliphatic rings. The molecule has 0 saturated heterocycles. The maximum absolute atomic E-state index is 12.9. The molecule has 1 saturated carbocycles. The maximum Gasteiger partial charge on any atom is 0.326 e. The fourth-order valence-corrected chi connectivity index (χ4v) is 4.61. The quantitative estimate of drug-likeness (QED) is 0.285. The van der Waals surface area contributed by atoms with E-state index in [2.05, 4.69) is 10.6 Å². The smallest absolute Gasteiger partial charge is 0.326 e. The first-order chi connectivity index (χ1) is 17.3. The number of nitrogens with one attached hydrogen (secondary N) is 2. The number of imidazole rings is 1. The van der Waals surface area contributed by atoms with Gasteiger partial charge in [-0.05, 0) is 43.0 Å². The number of hydrogen-bond acceptors (Lipinski definition) is 6. The number of aliphatic carboxylic acids is 1. The van der Waals surface area contributed by atoms with Crippen LogP contribution in [0.5, 0.6) is 0 Å². The molecule has 0 aliphatic heterocycles. The number of carbonyl (C=O) groups excluding carboxylic acids is 1. The van der Waals surface area contributed by atoms with E-state index in [4.69, 9.17) is 4.98 Å². The molecule has 1 fully saturated rings. The fraction of sp³-hybridized carbons (Fsp3) is 0.423. The van der Waals surface area contributed by atoms with Crippen molar-refractivity contribution in [1.82, 2.24) is 14.7 Å². The Hall–Kier alpha value is -3.95. The lowest BCUT2D eigenvalue weighted by Gasteiger charge is -2.24. The summed E-state index contributed by atoms with van der Waals surface area (Å²) in [5.74, 6) is -1.01. The van der Waals surface area contributed by atoms with E-state index in [9.17, 15) is 24.8 Å². The van der Waals surface area contributed by atoms with Crippen LogP contribution < -0.4 is 10.6 Å². The van der Waals surface area contributed by atoms with Gasteiger partial charge in [0.1, 0.15) is 23.2 Å². The summed E-state index contributed by atoms with van der Waals surface area (Å²) in [7, 11) is 0. The number of nitro groups is 1. The molecule has 4 rings (SSSR count). The van der Waals surface area contributed by atoms with E-state index in [1.807, 2.05) is 11.3 Å². The second kappa shape index (κ2) is 10.8. The molecule has 2 aromatic heterocycles. The highest BCUT2D eigenvalue weighted by molar-refractivity contribution is 5.97. The Labute approximate surface area is 208 Å². The monoisotopic (exact) mass is 493 g/mol. The van der Waals surface area contributed by atoms with E-state index < -0.39 is 22.8 Å². The zero-order valence-electron chi connectivity index (χ0n) is 20.4. The lowest BCUT2D eigenvalue weighted by atomic mass is 9.95. The topological polar surface area (TPSA) is 139 Å². The number of aromatic nitrogens is 2. The average Bonchev–Trinajstić information content (AvgIpc) is 3.24. The van der Waals surface area contributed by atoms with Gasteiger partial charge in [0.2, 0.25) is 0 Å². The molecule has 1 amide bonds. The van der Waals surface area contributed by atoms with Crippen molar-refractivity contribution in [3.63, 3.8) is 0 Å². The van der Waals surface area contributed by atoms with E-state index >= 15 is 0 Å². The summed E-state index contributed by atoms with van der Waals surface area (Å²) in [5.41, 5.74) is 2.18. The molecule has 2 heterocycles. The summed E-state index contributed by atoms with van der Waals surface area (Å²) < 4.78 is 1.87. The molecular weight excluding hydrogens is 462 g/mol. The molecule has 36 heavy (non-hydrogen) atoms. The minimum atomic E-state index is -1.07. The second-order valence-electron chi connectivity index (χ2n) is 9.41. The number of non-ortho nitro benzene ring substituents is 1. The molecular formula is C26H31N5O5. The normalized spacial score (nSPS) is 15.8. The molecule has 3 N–H and O–H groups in total. The number of fused-ring (bicyclic) bond motifs is 1. The lowest BCUT2D eigenvalue weighted by molar-refractivity contribution is -0.384. The first-order valence-corrected chi connectivity index (χ1v) is 12.4. The minimum Gasteiger partial charge on any atom is -0.480 e. The Bertz CT molecular complexity index is 1260. The molecule has 1 aromatic carbocycles. The average molecular weight is 494 g/mol. The molecule has 0 spiro atoms. The third kappa shape index (κ3) is 5.32. The zero-order chi connectivity index (χ0) is 25.8.